The average Bonchev–Trinajstić information content (AvgIpc) is 3.01. The standard InChI is InChI=1S/2C18H15P.2ClH/c2*1-4-10-16(11-5-1)19(17-12-6-2-7-13-17)18-14-8-3-9-15-18;;/h2*1-15H;2*1H. The lowest BCUT2D eigenvalue weighted by Gasteiger charge is -2.18. The molecule has 0 atom stereocenters. The molecule has 40 heavy (non-hydrogen) atoms. The van der Waals surface area contributed by atoms with Gasteiger partial charge in [-0.2, -0.15) is 0 Å². The minimum absolute atomic E-state index is 0. The second kappa shape index (κ2) is 16.8. The first-order valence-electron chi connectivity index (χ1n) is 12.8. The Morgan fingerprint density at radius 2 is 0.325 bits per heavy atom. The fourth-order valence-electron chi connectivity index (χ4n) is 4.36. The monoisotopic (exact) mass is 596 g/mol. The van der Waals surface area contributed by atoms with Crippen molar-refractivity contribution in [1.29, 1.82) is 0 Å². The van der Waals surface area contributed by atoms with E-state index in [4.69, 9.17) is 0 Å². The van der Waals surface area contributed by atoms with Crippen LogP contribution in [0.3, 0.4) is 0 Å². The van der Waals surface area contributed by atoms with Crippen LogP contribution in [-0.4, -0.2) is 0 Å². The minimum Gasteiger partial charge on any atom is -0.147 e. The molecule has 0 aliphatic rings. The minimum atomic E-state index is -0.446. The quantitative estimate of drug-likeness (QED) is 0.173. The Balaban J connectivity index is 0.000000210. The molecule has 0 spiro atoms. The third-order valence-corrected chi connectivity index (χ3v) is 11.0. The summed E-state index contributed by atoms with van der Waals surface area (Å²) in [6, 6.07) is 64.7. The molecule has 0 aliphatic carbocycles. The molecule has 0 nitrogen and oxygen atoms in total. The molecule has 0 unspecified atom stereocenters. The van der Waals surface area contributed by atoms with E-state index >= 15 is 0 Å². The Bertz CT molecular complexity index is 1180. The fraction of sp³-hybridized carbons (Fsp3) is 0. The van der Waals surface area contributed by atoms with Crippen LogP contribution in [0, 0.1) is 0 Å². The summed E-state index contributed by atoms with van der Waals surface area (Å²) in [5.74, 6) is 0. The van der Waals surface area contributed by atoms with Crippen molar-refractivity contribution >= 4 is 72.5 Å². The van der Waals surface area contributed by atoms with E-state index in [1.807, 2.05) is 0 Å². The fourth-order valence-corrected chi connectivity index (χ4v) is 8.97. The summed E-state index contributed by atoms with van der Waals surface area (Å²) in [5, 5.41) is 8.39. The highest BCUT2D eigenvalue weighted by Crippen LogP contribution is 2.33. The zero-order valence-corrected chi connectivity index (χ0v) is 25.5. The van der Waals surface area contributed by atoms with E-state index in [0.29, 0.717) is 0 Å². The van der Waals surface area contributed by atoms with E-state index in [0.717, 1.165) is 0 Å². The molecule has 0 aliphatic heterocycles. The Morgan fingerprint density at radius 1 is 0.200 bits per heavy atom. The number of benzene rings is 6. The SMILES string of the molecule is Cl.Cl.c1ccc(P(c2ccccc2)c2ccccc2)cc1.c1ccc(P(c2ccccc2)c2ccccc2)cc1. The summed E-state index contributed by atoms with van der Waals surface area (Å²) in [6.07, 6.45) is 0. The topological polar surface area (TPSA) is 0 Å². The van der Waals surface area contributed by atoms with Crippen LogP contribution in [0.25, 0.3) is 0 Å². The maximum Gasteiger partial charge on any atom is -0.0134 e. The number of halogens is 2. The van der Waals surface area contributed by atoms with Crippen molar-refractivity contribution < 1.29 is 0 Å². The second-order valence-electron chi connectivity index (χ2n) is 8.68. The Labute approximate surface area is 253 Å². The summed E-state index contributed by atoms with van der Waals surface area (Å²) in [6.45, 7) is 0. The van der Waals surface area contributed by atoms with Crippen LogP contribution in [0.1, 0.15) is 0 Å². The molecule has 0 heterocycles. The van der Waals surface area contributed by atoms with E-state index in [2.05, 4.69) is 182 Å². The first kappa shape index (κ1) is 31.3. The molecule has 4 heteroatoms. The summed E-state index contributed by atoms with van der Waals surface area (Å²) in [5.41, 5.74) is 0. The van der Waals surface area contributed by atoms with Gasteiger partial charge in [0, 0.05) is 0 Å². The third kappa shape index (κ3) is 8.38. The predicted octanol–water partition coefficient (Wildman–Crippen LogP) is 7.73. The summed E-state index contributed by atoms with van der Waals surface area (Å²) in [7, 11) is -0.892. The highest BCUT2D eigenvalue weighted by Gasteiger charge is 2.16. The highest BCUT2D eigenvalue weighted by molar-refractivity contribution is 7.80. The molecule has 0 radical (unpaired) electrons. The Hall–Kier alpha value is -3.24. The van der Waals surface area contributed by atoms with Gasteiger partial charge in [-0.05, 0) is 47.7 Å². The first-order chi connectivity index (χ1) is 18.9. The van der Waals surface area contributed by atoms with Crippen molar-refractivity contribution in [3.05, 3.63) is 182 Å². The van der Waals surface area contributed by atoms with Gasteiger partial charge in [-0.3, -0.25) is 0 Å². The Kier molecular flexibility index (Phi) is 13.1. The van der Waals surface area contributed by atoms with Crippen molar-refractivity contribution in [2.75, 3.05) is 0 Å². The Morgan fingerprint density at radius 3 is 0.450 bits per heavy atom. The lowest BCUT2D eigenvalue weighted by atomic mass is 10.4. The van der Waals surface area contributed by atoms with Crippen molar-refractivity contribution in [2.24, 2.45) is 0 Å². The maximum atomic E-state index is 2.23. The van der Waals surface area contributed by atoms with E-state index in [1.54, 1.807) is 0 Å². The van der Waals surface area contributed by atoms with Crippen molar-refractivity contribution in [1.82, 2.24) is 0 Å². The predicted molar refractivity (Wildman–Crippen MR) is 185 cm³/mol. The number of rotatable bonds is 6. The van der Waals surface area contributed by atoms with Crippen LogP contribution < -0.4 is 31.8 Å². The zero-order chi connectivity index (χ0) is 25.8. The molecule has 6 aromatic carbocycles. The van der Waals surface area contributed by atoms with Crippen molar-refractivity contribution in [3.63, 3.8) is 0 Å². The second-order valence-corrected chi connectivity index (χ2v) is 13.1. The van der Waals surface area contributed by atoms with Gasteiger partial charge < -0.3 is 0 Å². The number of hydrogen-bond acceptors (Lipinski definition) is 0. The lowest BCUT2D eigenvalue weighted by molar-refractivity contribution is 1.74. The molecule has 6 aromatic rings. The van der Waals surface area contributed by atoms with Crippen LogP contribution in [0.2, 0.25) is 0 Å². The highest BCUT2D eigenvalue weighted by atomic mass is 35.5. The molecular formula is C36H32Cl2P2. The van der Waals surface area contributed by atoms with Gasteiger partial charge in [0.2, 0.25) is 0 Å². The third-order valence-electron chi connectivity index (χ3n) is 6.09. The lowest BCUT2D eigenvalue weighted by Crippen LogP contribution is -2.20. The van der Waals surface area contributed by atoms with Gasteiger partial charge in [0.25, 0.3) is 0 Å². The maximum absolute atomic E-state index is 2.23. The molecule has 0 saturated carbocycles. The van der Waals surface area contributed by atoms with Crippen LogP contribution in [0.5, 0.6) is 0 Å². The first-order valence-corrected chi connectivity index (χ1v) is 15.5. The van der Waals surface area contributed by atoms with E-state index in [1.165, 1.54) is 31.8 Å². The van der Waals surface area contributed by atoms with Gasteiger partial charge in [-0.25, -0.2) is 0 Å². The number of hydrogen-bond donors (Lipinski definition) is 0. The van der Waals surface area contributed by atoms with E-state index in [9.17, 15) is 0 Å². The van der Waals surface area contributed by atoms with Crippen LogP contribution in [-0.2, 0) is 0 Å². The molecular weight excluding hydrogens is 565 g/mol. The van der Waals surface area contributed by atoms with Crippen molar-refractivity contribution in [2.45, 2.75) is 0 Å². The molecule has 0 aromatic heterocycles. The average molecular weight is 598 g/mol. The van der Waals surface area contributed by atoms with Crippen LogP contribution in [0.4, 0.5) is 0 Å². The van der Waals surface area contributed by atoms with Gasteiger partial charge in [-0.15, -0.1) is 24.8 Å². The molecule has 0 amide bonds. The smallest absolute Gasteiger partial charge is 0.0134 e. The molecule has 0 N–H and O–H groups in total. The molecule has 0 fully saturated rings. The molecule has 200 valence electrons. The van der Waals surface area contributed by atoms with Gasteiger partial charge in [0.15, 0.2) is 0 Å². The summed E-state index contributed by atoms with van der Waals surface area (Å²) < 4.78 is 0. The van der Waals surface area contributed by atoms with Gasteiger partial charge in [-0.1, -0.05) is 182 Å². The summed E-state index contributed by atoms with van der Waals surface area (Å²) in [4.78, 5) is 0. The molecule has 6 rings (SSSR count). The van der Waals surface area contributed by atoms with Gasteiger partial charge >= 0.3 is 0 Å². The van der Waals surface area contributed by atoms with Gasteiger partial charge in [0.05, 0.1) is 0 Å². The zero-order valence-electron chi connectivity index (χ0n) is 22.0. The normalized spacial score (nSPS) is 10.1. The van der Waals surface area contributed by atoms with E-state index in [-0.39, 0.29) is 24.8 Å². The van der Waals surface area contributed by atoms with Gasteiger partial charge in [0.1, 0.15) is 0 Å². The van der Waals surface area contributed by atoms with E-state index < -0.39 is 15.8 Å². The molecule has 0 saturated heterocycles. The molecule has 0 bridgehead atoms. The largest absolute Gasteiger partial charge is 0.147 e. The van der Waals surface area contributed by atoms with Crippen molar-refractivity contribution in [3.8, 4) is 0 Å². The van der Waals surface area contributed by atoms with Crippen LogP contribution >= 0.6 is 40.7 Å². The summed E-state index contributed by atoms with van der Waals surface area (Å²) >= 11 is 0. The van der Waals surface area contributed by atoms with Crippen LogP contribution in [0.15, 0.2) is 182 Å².